The molecule has 0 unspecified atom stereocenters. The molecule has 0 spiro atoms. The van der Waals surface area contributed by atoms with E-state index in [9.17, 15) is 14.9 Å². The Morgan fingerprint density at radius 2 is 2.09 bits per heavy atom. The number of hydrogen-bond donors (Lipinski definition) is 3. The van der Waals surface area contributed by atoms with Gasteiger partial charge < -0.3 is 9.64 Å². The van der Waals surface area contributed by atoms with Crippen LogP contribution in [0.15, 0.2) is 30.8 Å². The van der Waals surface area contributed by atoms with Gasteiger partial charge in [0.25, 0.3) is 11.6 Å². The summed E-state index contributed by atoms with van der Waals surface area (Å²) in [5, 5.41) is 10.7. The zero-order chi connectivity index (χ0) is 15.9. The lowest BCUT2D eigenvalue weighted by atomic mass is 10.1. The first-order chi connectivity index (χ1) is 10.6. The van der Waals surface area contributed by atoms with Gasteiger partial charge >= 0.3 is 0 Å². The fourth-order valence-electron chi connectivity index (χ4n) is 2.13. The van der Waals surface area contributed by atoms with Crippen LogP contribution in [0, 0.1) is 10.1 Å². The second kappa shape index (κ2) is 7.53. The summed E-state index contributed by atoms with van der Waals surface area (Å²) in [7, 11) is 0. The number of nitro groups is 1. The molecular weight excluding hydrogens is 288 g/mol. The molecule has 1 aliphatic rings. The summed E-state index contributed by atoms with van der Waals surface area (Å²) in [5.74, 6) is -0.163. The average Bonchev–Trinajstić information content (AvgIpc) is 2.53. The summed E-state index contributed by atoms with van der Waals surface area (Å²) in [6.45, 7) is 7.05. The molecule has 0 radical (unpaired) electrons. The van der Waals surface area contributed by atoms with Gasteiger partial charge in [-0.3, -0.25) is 25.8 Å². The van der Waals surface area contributed by atoms with Crippen molar-refractivity contribution >= 4 is 17.3 Å². The highest BCUT2D eigenvalue weighted by Gasteiger charge is 2.17. The number of non-ortho nitro benzene ring substituents is 1. The van der Waals surface area contributed by atoms with Gasteiger partial charge in [0.1, 0.15) is 13.1 Å². The van der Waals surface area contributed by atoms with Crippen molar-refractivity contribution in [1.29, 1.82) is 0 Å². The van der Waals surface area contributed by atoms with Gasteiger partial charge in [-0.25, -0.2) is 0 Å². The maximum absolute atomic E-state index is 11.8. The molecule has 1 aliphatic heterocycles. The van der Waals surface area contributed by atoms with E-state index in [0.717, 1.165) is 18.0 Å². The van der Waals surface area contributed by atoms with Gasteiger partial charge in [-0.2, -0.15) is 0 Å². The number of nitrogens with one attached hydrogen (secondary N) is 3. The molecule has 0 aliphatic carbocycles. The SMILES string of the molecule is C=C(NNC(=O)C[NH+]1CCOCC1)c1cccc([N+](=O)[O-])c1. The van der Waals surface area contributed by atoms with E-state index in [-0.39, 0.29) is 11.6 Å². The van der Waals surface area contributed by atoms with Crippen LogP contribution < -0.4 is 15.8 Å². The van der Waals surface area contributed by atoms with E-state index in [0.29, 0.717) is 31.0 Å². The van der Waals surface area contributed by atoms with E-state index < -0.39 is 4.92 Å². The minimum absolute atomic E-state index is 0.0236. The Morgan fingerprint density at radius 1 is 1.36 bits per heavy atom. The quantitative estimate of drug-likeness (QED) is 0.467. The topological polar surface area (TPSA) is 97.9 Å². The maximum Gasteiger partial charge on any atom is 0.293 e. The maximum atomic E-state index is 11.8. The Bertz CT molecular complexity index is 570. The average molecular weight is 307 g/mol. The zero-order valence-electron chi connectivity index (χ0n) is 12.1. The Balaban J connectivity index is 1.82. The van der Waals surface area contributed by atoms with Crippen LogP contribution in [0.1, 0.15) is 5.56 Å². The molecule has 22 heavy (non-hydrogen) atoms. The van der Waals surface area contributed by atoms with E-state index in [1.807, 2.05) is 0 Å². The Kier molecular flexibility index (Phi) is 5.45. The number of nitrogens with zero attached hydrogens (tertiary/aromatic N) is 1. The summed E-state index contributed by atoms with van der Waals surface area (Å²) in [4.78, 5) is 23.3. The highest BCUT2D eigenvalue weighted by molar-refractivity contribution is 5.78. The first-order valence-electron chi connectivity index (χ1n) is 6.96. The summed E-state index contributed by atoms with van der Waals surface area (Å²) >= 11 is 0. The van der Waals surface area contributed by atoms with Gasteiger partial charge in [-0.15, -0.1) is 0 Å². The van der Waals surface area contributed by atoms with Gasteiger partial charge in [0, 0.05) is 17.7 Å². The van der Waals surface area contributed by atoms with Crippen LogP contribution in [0.3, 0.4) is 0 Å². The predicted molar refractivity (Wildman–Crippen MR) is 79.8 cm³/mol. The highest BCUT2D eigenvalue weighted by Crippen LogP contribution is 2.16. The smallest absolute Gasteiger partial charge is 0.293 e. The number of rotatable bonds is 6. The molecule has 0 saturated carbocycles. The van der Waals surface area contributed by atoms with Gasteiger partial charge in [0.15, 0.2) is 6.54 Å². The van der Waals surface area contributed by atoms with Crippen molar-refractivity contribution in [3.63, 3.8) is 0 Å². The third-order valence-corrected chi connectivity index (χ3v) is 3.37. The molecule has 1 aromatic carbocycles. The molecule has 1 amide bonds. The minimum atomic E-state index is -0.475. The second-order valence-corrected chi connectivity index (χ2v) is 5.00. The lowest BCUT2D eigenvalue weighted by Crippen LogP contribution is -3.15. The number of nitro benzene ring substituents is 1. The Morgan fingerprint density at radius 3 is 2.77 bits per heavy atom. The normalized spacial score (nSPS) is 15.1. The van der Waals surface area contributed by atoms with Crippen LogP contribution in [0.4, 0.5) is 5.69 Å². The Labute approximate surface area is 127 Å². The van der Waals surface area contributed by atoms with Crippen molar-refractivity contribution in [2.24, 2.45) is 0 Å². The van der Waals surface area contributed by atoms with E-state index in [4.69, 9.17) is 4.74 Å². The van der Waals surface area contributed by atoms with Crippen LogP contribution in [0.5, 0.6) is 0 Å². The fourth-order valence-corrected chi connectivity index (χ4v) is 2.13. The van der Waals surface area contributed by atoms with Crippen molar-refractivity contribution in [2.75, 3.05) is 32.8 Å². The van der Waals surface area contributed by atoms with E-state index in [2.05, 4.69) is 17.4 Å². The number of quaternary nitrogens is 1. The summed E-state index contributed by atoms with van der Waals surface area (Å²) < 4.78 is 5.23. The van der Waals surface area contributed by atoms with Crippen molar-refractivity contribution in [1.82, 2.24) is 10.9 Å². The molecule has 1 saturated heterocycles. The number of hydrazine groups is 1. The Hall–Kier alpha value is -2.45. The predicted octanol–water partition coefficient (Wildman–Crippen LogP) is -0.899. The standard InChI is InChI=1S/C14H18N4O4/c1-11(12-3-2-4-13(9-12)18(20)21)15-16-14(19)10-17-5-7-22-8-6-17/h2-4,9,15H,1,5-8,10H2,(H,16,19)/p+1. The fraction of sp³-hybridized carbons (Fsp3) is 0.357. The molecule has 1 fully saturated rings. The first-order valence-corrected chi connectivity index (χ1v) is 6.96. The molecule has 0 aromatic heterocycles. The second-order valence-electron chi connectivity index (χ2n) is 5.00. The monoisotopic (exact) mass is 307 g/mol. The van der Waals surface area contributed by atoms with Crippen molar-refractivity contribution in [3.8, 4) is 0 Å². The van der Waals surface area contributed by atoms with Crippen molar-refractivity contribution in [2.45, 2.75) is 0 Å². The van der Waals surface area contributed by atoms with Crippen LogP contribution in [-0.2, 0) is 9.53 Å². The number of morpholine rings is 1. The number of carbonyl (C=O) groups excluding carboxylic acids is 1. The highest BCUT2D eigenvalue weighted by atomic mass is 16.6. The van der Waals surface area contributed by atoms with E-state index in [1.54, 1.807) is 12.1 Å². The van der Waals surface area contributed by atoms with E-state index >= 15 is 0 Å². The number of amides is 1. The summed E-state index contributed by atoms with van der Waals surface area (Å²) in [6.07, 6.45) is 0. The van der Waals surface area contributed by atoms with Crippen molar-refractivity contribution in [3.05, 3.63) is 46.5 Å². The van der Waals surface area contributed by atoms with Crippen LogP contribution >= 0.6 is 0 Å². The molecule has 0 bridgehead atoms. The number of carbonyl (C=O) groups is 1. The molecule has 1 heterocycles. The summed E-state index contributed by atoms with van der Waals surface area (Å²) in [6, 6.07) is 6.05. The number of hydrogen-bond acceptors (Lipinski definition) is 5. The first kappa shape index (κ1) is 15.9. The molecule has 1 aromatic rings. The molecule has 3 N–H and O–H groups in total. The third kappa shape index (κ3) is 4.54. The van der Waals surface area contributed by atoms with Gasteiger partial charge in [0.05, 0.1) is 23.8 Å². The lowest BCUT2D eigenvalue weighted by molar-refractivity contribution is -0.900. The van der Waals surface area contributed by atoms with Crippen LogP contribution in [0.25, 0.3) is 5.70 Å². The number of benzene rings is 1. The summed E-state index contributed by atoms with van der Waals surface area (Å²) in [5.41, 5.74) is 6.17. The molecule has 0 atom stereocenters. The van der Waals surface area contributed by atoms with Crippen LogP contribution in [-0.4, -0.2) is 43.7 Å². The molecule has 8 nitrogen and oxygen atoms in total. The minimum Gasteiger partial charge on any atom is -0.370 e. The van der Waals surface area contributed by atoms with Crippen molar-refractivity contribution < 1.29 is 19.4 Å². The molecule has 118 valence electrons. The van der Waals surface area contributed by atoms with Gasteiger partial charge in [-0.05, 0) is 0 Å². The van der Waals surface area contributed by atoms with Gasteiger partial charge in [0.2, 0.25) is 0 Å². The van der Waals surface area contributed by atoms with Gasteiger partial charge in [-0.1, -0.05) is 18.7 Å². The molecular formula is C14H19N4O4+. The number of ether oxygens (including phenoxy) is 1. The largest absolute Gasteiger partial charge is 0.370 e. The third-order valence-electron chi connectivity index (χ3n) is 3.37. The zero-order valence-corrected chi connectivity index (χ0v) is 12.1. The lowest BCUT2D eigenvalue weighted by Gasteiger charge is -2.23. The molecule has 2 rings (SSSR count). The molecule has 8 heteroatoms. The van der Waals surface area contributed by atoms with E-state index in [1.165, 1.54) is 12.1 Å². The van der Waals surface area contributed by atoms with Crippen LogP contribution in [0.2, 0.25) is 0 Å².